The summed E-state index contributed by atoms with van der Waals surface area (Å²) in [6.45, 7) is 0.492. The van der Waals surface area contributed by atoms with Crippen molar-refractivity contribution in [1.82, 2.24) is 4.57 Å². The largest absolute Gasteiger partial charge is 0.335 e. The molecule has 1 unspecified atom stereocenters. The van der Waals surface area contributed by atoms with Crippen LogP contribution in [0.2, 0.25) is 0 Å². The number of nitrogens with zero attached hydrogens (tertiary/aromatic N) is 1. The lowest BCUT2D eigenvalue weighted by atomic mass is 10.0. The molecule has 0 aromatic carbocycles. The van der Waals surface area contributed by atoms with Gasteiger partial charge in [0.05, 0.1) is 16.8 Å². The Balaban J connectivity index is 2.05. The van der Waals surface area contributed by atoms with E-state index in [1.807, 2.05) is 16.8 Å². The van der Waals surface area contributed by atoms with Crippen LogP contribution < -0.4 is 0 Å². The van der Waals surface area contributed by atoms with Crippen LogP contribution in [-0.4, -0.2) is 15.6 Å². The summed E-state index contributed by atoms with van der Waals surface area (Å²) in [7, 11) is 0. The van der Waals surface area contributed by atoms with Gasteiger partial charge in [-0.2, -0.15) is 0 Å². The molecular formula is C12H11NOS. The molecule has 1 aromatic rings. The number of thioether (sulfide) groups is 1. The second-order valence-corrected chi connectivity index (χ2v) is 4.92. The molecular weight excluding hydrogens is 206 g/mol. The summed E-state index contributed by atoms with van der Waals surface area (Å²) in [5.41, 5.74) is 0.978. The first-order chi connectivity index (χ1) is 7.34. The van der Waals surface area contributed by atoms with Crippen molar-refractivity contribution >= 4 is 17.5 Å². The van der Waals surface area contributed by atoms with E-state index in [0.29, 0.717) is 6.54 Å². The van der Waals surface area contributed by atoms with E-state index >= 15 is 0 Å². The second-order valence-electron chi connectivity index (χ2n) is 3.76. The van der Waals surface area contributed by atoms with E-state index in [-0.39, 0.29) is 11.0 Å². The van der Waals surface area contributed by atoms with Crippen molar-refractivity contribution in [2.45, 2.75) is 23.2 Å². The van der Waals surface area contributed by atoms with Crippen LogP contribution in [0.4, 0.5) is 0 Å². The van der Waals surface area contributed by atoms with Gasteiger partial charge in [-0.25, -0.2) is 0 Å². The number of rotatable bonds is 0. The Morgan fingerprint density at radius 2 is 2.40 bits per heavy atom. The Bertz CT molecular complexity index is 470. The number of Topliss-reactive ketones (excluding diaryl/α,β-unsaturated/α-hetero) is 1. The smallest absolute Gasteiger partial charge is 0.179 e. The summed E-state index contributed by atoms with van der Waals surface area (Å²) in [6.07, 6.45) is 9.20. The predicted molar refractivity (Wildman–Crippen MR) is 60.9 cm³/mol. The van der Waals surface area contributed by atoms with E-state index in [4.69, 9.17) is 0 Å². The molecule has 1 atom stereocenters. The highest BCUT2D eigenvalue weighted by Crippen LogP contribution is 2.35. The molecule has 2 aliphatic rings. The van der Waals surface area contributed by atoms with E-state index in [2.05, 4.69) is 24.3 Å². The summed E-state index contributed by atoms with van der Waals surface area (Å²) in [4.78, 5) is 12.0. The molecule has 1 aliphatic carbocycles. The van der Waals surface area contributed by atoms with Crippen molar-refractivity contribution in [2.75, 3.05) is 0 Å². The van der Waals surface area contributed by atoms with Gasteiger partial charge < -0.3 is 4.57 Å². The Hall–Kier alpha value is -1.22. The van der Waals surface area contributed by atoms with Crippen molar-refractivity contribution in [3.63, 3.8) is 0 Å². The summed E-state index contributed by atoms with van der Waals surface area (Å²) < 4.78 is 2.03. The van der Waals surface area contributed by atoms with Crippen molar-refractivity contribution in [3.8, 4) is 0 Å². The highest BCUT2D eigenvalue weighted by molar-refractivity contribution is 8.00. The van der Waals surface area contributed by atoms with Gasteiger partial charge in [-0.1, -0.05) is 30.0 Å². The van der Waals surface area contributed by atoms with E-state index in [0.717, 1.165) is 12.0 Å². The average Bonchev–Trinajstić information content (AvgIpc) is 2.61. The molecule has 15 heavy (non-hydrogen) atoms. The lowest BCUT2D eigenvalue weighted by Crippen LogP contribution is -2.16. The molecule has 0 saturated carbocycles. The molecule has 2 nitrogen and oxygen atoms in total. The van der Waals surface area contributed by atoms with Crippen LogP contribution in [0.5, 0.6) is 0 Å². The number of carbonyl (C=O) groups is 1. The maximum absolute atomic E-state index is 12.0. The van der Waals surface area contributed by atoms with Gasteiger partial charge in [0.25, 0.3) is 0 Å². The van der Waals surface area contributed by atoms with Gasteiger partial charge >= 0.3 is 0 Å². The minimum atomic E-state index is 0.224. The molecule has 3 heteroatoms. The van der Waals surface area contributed by atoms with Gasteiger partial charge in [-0.05, 0) is 18.6 Å². The summed E-state index contributed by atoms with van der Waals surface area (Å²) >= 11 is 1.76. The molecule has 1 aromatic heterocycles. The van der Waals surface area contributed by atoms with Crippen LogP contribution in [-0.2, 0) is 11.3 Å². The Morgan fingerprint density at radius 1 is 1.47 bits per heavy atom. The first-order valence-corrected chi connectivity index (χ1v) is 5.94. The minimum Gasteiger partial charge on any atom is -0.335 e. The van der Waals surface area contributed by atoms with E-state index in [9.17, 15) is 4.79 Å². The molecule has 2 heterocycles. The van der Waals surface area contributed by atoms with Gasteiger partial charge in [0.2, 0.25) is 0 Å². The van der Waals surface area contributed by atoms with E-state index in [1.54, 1.807) is 11.8 Å². The van der Waals surface area contributed by atoms with E-state index < -0.39 is 0 Å². The highest BCUT2D eigenvalue weighted by atomic mass is 32.2. The van der Waals surface area contributed by atoms with Crippen molar-refractivity contribution in [3.05, 3.63) is 42.1 Å². The van der Waals surface area contributed by atoms with Crippen LogP contribution in [0.3, 0.4) is 0 Å². The molecule has 0 N–H and O–H groups in total. The number of allylic oxidation sites excluding steroid dienone is 2. The summed E-state index contributed by atoms with van der Waals surface area (Å²) in [5.74, 6) is 0.256. The SMILES string of the molecule is O=C1Cn2cccc2SC2C=CCC=C12. The van der Waals surface area contributed by atoms with Crippen molar-refractivity contribution in [2.24, 2.45) is 0 Å². The number of hydrogen-bond donors (Lipinski definition) is 0. The quantitative estimate of drug-likeness (QED) is 0.623. The van der Waals surface area contributed by atoms with E-state index in [1.165, 1.54) is 5.03 Å². The lowest BCUT2D eigenvalue weighted by Gasteiger charge is -2.14. The number of ketones is 1. The maximum atomic E-state index is 12.0. The van der Waals surface area contributed by atoms with Crippen LogP contribution in [0.1, 0.15) is 6.42 Å². The van der Waals surface area contributed by atoms with Crippen molar-refractivity contribution in [1.29, 1.82) is 0 Å². The molecule has 0 fully saturated rings. The standard InChI is InChI=1S/C12H11NOS/c14-10-8-13-7-3-6-12(13)15-11-5-2-1-4-9(10)11/h2-7,11H,1,8H2. The number of carbonyl (C=O) groups excluding carboxylic acids is 1. The van der Waals surface area contributed by atoms with Gasteiger partial charge in [-0.15, -0.1) is 0 Å². The normalized spacial score (nSPS) is 24.1. The van der Waals surface area contributed by atoms with Gasteiger partial charge in [-0.3, -0.25) is 4.79 Å². The third-order valence-corrected chi connectivity index (χ3v) is 4.04. The topological polar surface area (TPSA) is 22.0 Å². The Morgan fingerprint density at radius 3 is 3.33 bits per heavy atom. The van der Waals surface area contributed by atoms with Crippen molar-refractivity contribution < 1.29 is 4.79 Å². The monoisotopic (exact) mass is 217 g/mol. The first kappa shape index (κ1) is 9.04. The predicted octanol–water partition coefficient (Wildman–Crippen LogP) is 2.42. The average molecular weight is 217 g/mol. The second kappa shape index (κ2) is 3.42. The van der Waals surface area contributed by atoms with Crippen LogP contribution in [0.15, 0.2) is 47.2 Å². The molecule has 76 valence electrons. The van der Waals surface area contributed by atoms with Crippen LogP contribution in [0, 0.1) is 0 Å². The zero-order valence-electron chi connectivity index (χ0n) is 8.22. The molecule has 0 amide bonds. The summed E-state index contributed by atoms with van der Waals surface area (Å²) in [5, 5.41) is 1.41. The molecule has 0 saturated heterocycles. The van der Waals surface area contributed by atoms with Gasteiger partial charge in [0, 0.05) is 11.8 Å². The third kappa shape index (κ3) is 1.47. The molecule has 0 spiro atoms. The fraction of sp³-hybridized carbons (Fsp3) is 0.250. The number of hydrogen-bond acceptors (Lipinski definition) is 2. The maximum Gasteiger partial charge on any atom is 0.179 e. The van der Waals surface area contributed by atoms with Gasteiger partial charge in [0.15, 0.2) is 5.78 Å². The van der Waals surface area contributed by atoms with Crippen LogP contribution in [0.25, 0.3) is 0 Å². The molecule has 1 aliphatic heterocycles. The number of fused-ring (bicyclic) bond motifs is 2. The first-order valence-electron chi connectivity index (χ1n) is 5.06. The summed E-state index contributed by atoms with van der Waals surface area (Å²) in [6, 6.07) is 4.07. The van der Waals surface area contributed by atoms with Crippen LogP contribution >= 0.6 is 11.8 Å². The zero-order valence-corrected chi connectivity index (χ0v) is 9.04. The fourth-order valence-electron chi connectivity index (χ4n) is 2.00. The highest BCUT2D eigenvalue weighted by Gasteiger charge is 2.26. The number of aromatic nitrogens is 1. The fourth-order valence-corrected chi connectivity index (χ4v) is 3.23. The zero-order chi connectivity index (χ0) is 10.3. The van der Waals surface area contributed by atoms with Gasteiger partial charge in [0.1, 0.15) is 0 Å². The minimum absolute atomic E-state index is 0.224. The lowest BCUT2D eigenvalue weighted by molar-refractivity contribution is -0.116. The third-order valence-electron chi connectivity index (χ3n) is 2.76. The molecule has 0 radical (unpaired) electrons. The molecule has 3 rings (SSSR count). The molecule has 0 bridgehead atoms. The Kier molecular flexibility index (Phi) is 2.06. The Labute approximate surface area is 92.7 Å².